The fraction of sp³-hybridized carbons (Fsp3) is 0.182. The molecule has 3 atom stereocenters. The van der Waals surface area contributed by atoms with E-state index in [4.69, 9.17) is 63.2 Å². The zero-order chi connectivity index (χ0) is 38.1. The first-order chi connectivity index (χ1) is 23.3. The van der Waals surface area contributed by atoms with Crippen molar-refractivity contribution in [2.24, 2.45) is 17.2 Å². The molecular formula is C33H37CrN3O14. The number of aliphatic carboxylic acids is 3. The molecule has 0 saturated heterocycles. The quantitative estimate of drug-likeness (QED) is 0.104. The first kappa shape index (κ1) is 45.1. The first-order valence-electron chi connectivity index (χ1n) is 14.2. The predicted molar refractivity (Wildman–Crippen MR) is 176 cm³/mol. The van der Waals surface area contributed by atoms with Crippen LogP contribution in [-0.4, -0.2) is 93.6 Å². The summed E-state index contributed by atoms with van der Waals surface area (Å²) in [6.45, 7) is 0. The van der Waals surface area contributed by atoms with Crippen molar-refractivity contribution in [1.29, 1.82) is 0 Å². The third-order valence-corrected chi connectivity index (χ3v) is 6.26. The molecule has 18 heteroatoms. The molecule has 274 valence electrons. The van der Waals surface area contributed by atoms with Crippen LogP contribution in [0.15, 0.2) is 78.9 Å². The second-order valence-electron chi connectivity index (χ2n) is 10.4. The number of phenols is 6. The number of hydrogen-bond acceptors (Lipinski definition) is 14. The van der Waals surface area contributed by atoms with E-state index in [1.807, 2.05) is 0 Å². The summed E-state index contributed by atoms with van der Waals surface area (Å²) in [5, 5.41) is 79.9. The van der Waals surface area contributed by atoms with Gasteiger partial charge in [0.15, 0.2) is 46.1 Å². The van der Waals surface area contributed by atoms with Gasteiger partial charge in [-0.05, 0) is 96.7 Å². The molecule has 0 bridgehead atoms. The van der Waals surface area contributed by atoms with Crippen LogP contribution in [0.2, 0.25) is 0 Å². The minimum Gasteiger partial charge on any atom is -0.504 e. The van der Waals surface area contributed by atoms with E-state index in [0.717, 1.165) is 0 Å². The molecule has 15 N–H and O–H groups in total. The summed E-state index contributed by atoms with van der Waals surface area (Å²) in [4.78, 5) is 51.8. The Morgan fingerprint density at radius 3 is 0.843 bits per heavy atom. The number of carbonyl (C=O) groups is 5. The van der Waals surface area contributed by atoms with Crippen LogP contribution < -0.4 is 17.2 Å². The van der Waals surface area contributed by atoms with Gasteiger partial charge in [0.1, 0.15) is 18.1 Å². The third kappa shape index (κ3) is 17.4. The maximum atomic E-state index is 10.4. The summed E-state index contributed by atoms with van der Waals surface area (Å²) in [6.07, 6.45) is 5.35. The van der Waals surface area contributed by atoms with Gasteiger partial charge in [-0.1, -0.05) is 18.2 Å². The zero-order valence-corrected chi connectivity index (χ0v) is 27.8. The zero-order valence-electron chi connectivity index (χ0n) is 26.6. The van der Waals surface area contributed by atoms with Crippen LogP contribution in [0.1, 0.15) is 16.7 Å². The number of aromatic hydroxyl groups is 6. The van der Waals surface area contributed by atoms with Crippen LogP contribution >= 0.6 is 0 Å². The number of phenolic OH excluding ortho intramolecular Hbond substituents is 6. The number of rotatable bonds is 9. The van der Waals surface area contributed by atoms with Gasteiger partial charge >= 0.3 is 17.9 Å². The molecule has 0 fully saturated rings. The molecule has 0 amide bonds. The minimum absolute atomic E-state index is 0. The van der Waals surface area contributed by atoms with Crippen LogP contribution in [0, 0.1) is 0 Å². The number of ketones is 2. The van der Waals surface area contributed by atoms with Gasteiger partial charge in [0.05, 0.1) is 0 Å². The van der Waals surface area contributed by atoms with Crippen molar-refractivity contribution < 1.29 is 87.3 Å². The molecule has 0 radical (unpaired) electrons. The Kier molecular flexibility index (Phi) is 19.4. The van der Waals surface area contributed by atoms with Crippen LogP contribution in [0.3, 0.4) is 0 Å². The Morgan fingerprint density at radius 1 is 0.451 bits per heavy atom. The van der Waals surface area contributed by atoms with Gasteiger partial charge in [-0.3, -0.25) is 24.0 Å². The molecule has 0 aliphatic heterocycles. The molecule has 3 aromatic rings. The van der Waals surface area contributed by atoms with Crippen molar-refractivity contribution in [3.63, 3.8) is 0 Å². The van der Waals surface area contributed by atoms with Crippen molar-refractivity contribution in [3.05, 3.63) is 95.6 Å². The Labute approximate surface area is 301 Å². The molecule has 3 aromatic carbocycles. The van der Waals surface area contributed by atoms with Gasteiger partial charge in [-0.25, -0.2) is 0 Å². The Balaban J connectivity index is 0.000000661. The van der Waals surface area contributed by atoms with Crippen LogP contribution in [0.4, 0.5) is 0 Å². The van der Waals surface area contributed by atoms with E-state index >= 15 is 0 Å². The van der Waals surface area contributed by atoms with Gasteiger partial charge in [0.25, 0.3) is 0 Å². The van der Waals surface area contributed by atoms with E-state index in [2.05, 4.69) is 0 Å². The summed E-state index contributed by atoms with van der Waals surface area (Å²) in [6, 6.07) is 9.27. The minimum atomic E-state index is -1.10. The Hall–Kier alpha value is -5.90. The van der Waals surface area contributed by atoms with E-state index in [1.165, 1.54) is 78.9 Å². The molecule has 1 aliphatic rings. The predicted octanol–water partition coefficient (Wildman–Crippen LogP) is 0.405. The Morgan fingerprint density at radius 2 is 0.667 bits per heavy atom. The summed E-state index contributed by atoms with van der Waals surface area (Å²) < 4.78 is 0. The maximum Gasteiger partial charge on any atom is 0.320 e. The van der Waals surface area contributed by atoms with Crippen molar-refractivity contribution >= 4 is 29.5 Å². The number of carboxylic acids is 3. The molecule has 4 rings (SSSR count). The topological polar surface area (TPSA) is 345 Å². The van der Waals surface area contributed by atoms with Crippen molar-refractivity contribution in [2.45, 2.75) is 37.4 Å². The second-order valence-corrected chi connectivity index (χ2v) is 10.4. The van der Waals surface area contributed by atoms with E-state index in [1.54, 1.807) is 0 Å². The Bertz CT molecular complexity index is 1540. The molecule has 51 heavy (non-hydrogen) atoms. The number of benzene rings is 3. The number of allylic oxidation sites excluding steroid dienone is 4. The SMILES string of the molecule is NC(Cc1ccc(O)c(O)c1)C(=O)O.NC(Cc1ccc(O)c(O)c1)C(=O)O.NC(Cc1ccc(O)c(O)c1)C(=O)O.O=C1C=CC(=O)C=C1.[Cr]. The number of carbonyl (C=O) groups excluding carboxylic acids is 2. The van der Waals surface area contributed by atoms with Crippen molar-refractivity contribution in [1.82, 2.24) is 0 Å². The molecule has 0 aromatic heterocycles. The maximum absolute atomic E-state index is 10.4. The van der Waals surface area contributed by atoms with Crippen molar-refractivity contribution in [3.8, 4) is 34.5 Å². The average molecular weight is 752 g/mol. The van der Waals surface area contributed by atoms with E-state index < -0.39 is 36.0 Å². The fourth-order valence-electron chi connectivity index (χ4n) is 3.55. The standard InChI is InChI=1S/3C9H11NO4.C6H4O2.Cr/c3*10-6(9(13)14)3-5-1-2-7(11)8(12)4-5;7-5-1-2-6(8)4-3-5;/h3*1-2,4,6,11-12H,3,10H2,(H,13,14);1-4H;. The summed E-state index contributed by atoms with van der Waals surface area (Å²) >= 11 is 0. The monoisotopic (exact) mass is 751 g/mol. The van der Waals surface area contributed by atoms with Crippen LogP contribution in [0.5, 0.6) is 34.5 Å². The van der Waals surface area contributed by atoms with Crippen LogP contribution in [0.25, 0.3) is 0 Å². The number of hydrogen-bond donors (Lipinski definition) is 12. The second kappa shape index (κ2) is 21.9. The molecule has 0 spiro atoms. The number of nitrogens with two attached hydrogens (primary N) is 3. The summed E-state index contributed by atoms with van der Waals surface area (Å²) in [5.41, 5.74) is 17.6. The van der Waals surface area contributed by atoms with Gasteiger partial charge < -0.3 is 63.2 Å². The number of carboxylic acid groups (broad SMARTS) is 3. The van der Waals surface area contributed by atoms with Crippen molar-refractivity contribution in [2.75, 3.05) is 0 Å². The van der Waals surface area contributed by atoms with Gasteiger partial charge in [-0.2, -0.15) is 0 Å². The van der Waals surface area contributed by atoms with Gasteiger partial charge in [0, 0.05) is 17.4 Å². The van der Waals surface area contributed by atoms with E-state index in [-0.39, 0.29) is 82.7 Å². The van der Waals surface area contributed by atoms with E-state index in [0.29, 0.717) is 16.7 Å². The summed E-state index contributed by atoms with van der Waals surface area (Å²) in [7, 11) is 0. The van der Waals surface area contributed by atoms with Crippen LogP contribution in [-0.2, 0) is 60.6 Å². The molecular weight excluding hydrogens is 714 g/mol. The smallest absolute Gasteiger partial charge is 0.320 e. The molecule has 0 saturated carbocycles. The molecule has 0 heterocycles. The molecule has 3 unspecified atom stereocenters. The first-order valence-corrected chi connectivity index (χ1v) is 14.2. The average Bonchev–Trinajstić information content (AvgIpc) is 3.04. The molecule has 17 nitrogen and oxygen atoms in total. The van der Waals surface area contributed by atoms with E-state index in [9.17, 15) is 24.0 Å². The molecule has 1 aliphatic carbocycles. The fourth-order valence-corrected chi connectivity index (χ4v) is 3.55. The third-order valence-electron chi connectivity index (χ3n) is 6.26. The normalized spacial score (nSPS) is 12.9. The van der Waals surface area contributed by atoms with Gasteiger partial charge in [0.2, 0.25) is 0 Å². The largest absolute Gasteiger partial charge is 0.504 e. The van der Waals surface area contributed by atoms with Gasteiger partial charge in [-0.15, -0.1) is 0 Å². The summed E-state index contributed by atoms with van der Waals surface area (Å²) in [5.74, 6) is -5.09.